The standard InChI is InChI=1S/C95H118O6Si4/c1-75(2)91(97-74-78-48-28-17-29-49-78)76(3)66-67-79(98-102(92(4,5)6,83-50-30-18-31-51-83)84-52-32-19-33-53-84)70-81(100-104(94(10,11)12,87-58-38-22-39-59-87)88-60-40-23-41-61-88)72-82(101-105(95(13,14)15,89-62-42-24-43-63-89)90-64-44-25-45-65-90)71-80(68-69-96-73-77-46-26-16-27-47-77)99-103(93(7,8)9,85-54-34-20-35-55-85)86-56-36-21-37-57-86/h16-67,75-76,79-82,91H,68-74H2,1-15H3/b67-66+/t76-,79-,80-,81-,82-,91-/m0/s1. The minimum atomic E-state index is -3.44. The van der Waals surface area contributed by atoms with Gasteiger partial charge in [0, 0.05) is 18.9 Å². The number of rotatable bonds is 34. The second kappa shape index (κ2) is 36.0. The summed E-state index contributed by atoms with van der Waals surface area (Å²) in [5.41, 5.74) is 2.29. The van der Waals surface area contributed by atoms with Gasteiger partial charge in [-0.1, -0.05) is 419 Å². The van der Waals surface area contributed by atoms with Crippen molar-refractivity contribution >= 4 is 74.8 Å². The normalized spacial score (nSPS) is 14.7. The highest BCUT2D eigenvalue weighted by atomic mass is 28.4. The van der Waals surface area contributed by atoms with E-state index >= 15 is 0 Å². The summed E-state index contributed by atoms with van der Waals surface area (Å²) in [6.07, 6.45) is 5.04. The lowest BCUT2D eigenvalue weighted by Gasteiger charge is -2.49. The van der Waals surface area contributed by atoms with Gasteiger partial charge < -0.3 is 27.2 Å². The molecular formula is C95H118O6Si4. The van der Waals surface area contributed by atoms with Gasteiger partial charge in [-0.05, 0) is 98.0 Å². The van der Waals surface area contributed by atoms with Gasteiger partial charge in [-0.2, -0.15) is 0 Å². The molecule has 10 aromatic rings. The van der Waals surface area contributed by atoms with Crippen molar-refractivity contribution < 1.29 is 27.2 Å². The van der Waals surface area contributed by atoms with E-state index in [1.54, 1.807) is 0 Å². The van der Waals surface area contributed by atoms with E-state index < -0.39 is 61.7 Å². The van der Waals surface area contributed by atoms with E-state index in [0.717, 1.165) is 11.1 Å². The summed E-state index contributed by atoms with van der Waals surface area (Å²) in [6.45, 7) is 37.2. The molecule has 0 amide bonds. The van der Waals surface area contributed by atoms with Crippen LogP contribution in [0.5, 0.6) is 0 Å². The molecule has 0 saturated heterocycles. The van der Waals surface area contributed by atoms with Crippen molar-refractivity contribution in [1.82, 2.24) is 0 Å². The van der Waals surface area contributed by atoms with Crippen molar-refractivity contribution in [2.45, 2.75) is 193 Å². The van der Waals surface area contributed by atoms with Crippen LogP contribution in [0.2, 0.25) is 20.2 Å². The van der Waals surface area contributed by atoms with Crippen molar-refractivity contribution in [2.24, 2.45) is 11.8 Å². The second-order valence-electron chi connectivity index (χ2n) is 33.3. The molecular weight excluding hydrogens is 1350 g/mol. The molecule has 6 nitrogen and oxygen atoms in total. The van der Waals surface area contributed by atoms with Crippen molar-refractivity contribution in [3.63, 3.8) is 0 Å². The molecule has 10 aromatic carbocycles. The molecule has 0 N–H and O–H groups in total. The van der Waals surface area contributed by atoms with Crippen molar-refractivity contribution in [3.8, 4) is 0 Å². The average molecular weight is 1470 g/mol. The van der Waals surface area contributed by atoms with Crippen LogP contribution in [-0.4, -0.2) is 70.4 Å². The summed E-state index contributed by atoms with van der Waals surface area (Å²) >= 11 is 0. The predicted octanol–water partition coefficient (Wildman–Crippen LogP) is 19.0. The average Bonchev–Trinajstić information content (AvgIpc) is 0.759. The van der Waals surface area contributed by atoms with Gasteiger partial charge in [0.25, 0.3) is 33.3 Å². The van der Waals surface area contributed by atoms with Crippen molar-refractivity contribution in [1.29, 1.82) is 0 Å². The Kier molecular flexibility index (Phi) is 27.5. The summed E-state index contributed by atoms with van der Waals surface area (Å²) in [4.78, 5) is 0. The molecule has 0 aliphatic rings. The first-order valence-electron chi connectivity index (χ1n) is 38.4. The van der Waals surface area contributed by atoms with Gasteiger partial charge in [-0.15, -0.1) is 0 Å². The molecule has 6 atom stereocenters. The van der Waals surface area contributed by atoms with Crippen LogP contribution in [-0.2, 0) is 40.4 Å². The minimum absolute atomic E-state index is 0.00439. The topological polar surface area (TPSA) is 55.4 Å². The van der Waals surface area contributed by atoms with E-state index in [4.69, 9.17) is 27.2 Å². The molecule has 0 aliphatic carbocycles. The Morgan fingerprint density at radius 3 is 0.819 bits per heavy atom. The molecule has 0 fully saturated rings. The molecule has 0 spiro atoms. The van der Waals surface area contributed by atoms with Crippen LogP contribution in [0.1, 0.15) is 141 Å². The molecule has 0 aliphatic heterocycles. The molecule has 105 heavy (non-hydrogen) atoms. The zero-order valence-electron chi connectivity index (χ0n) is 65.5. The van der Waals surface area contributed by atoms with E-state index in [1.807, 2.05) is 0 Å². The number of hydrogen-bond acceptors (Lipinski definition) is 6. The first-order valence-corrected chi connectivity index (χ1v) is 46.1. The Bertz CT molecular complexity index is 4010. The monoisotopic (exact) mass is 1470 g/mol. The highest BCUT2D eigenvalue weighted by Gasteiger charge is 2.57. The van der Waals surface area contributed by atoms with Crippen LogP contribution in [0.3, 0.4) is 0 Å². The van der Waals surface area contributed by atoms with Crippen LogP contribution in [0.15, 0.2) is 315 Å². The zero-order chi connectivity index (χ0) is 74.8. The van der Waals surface area contributed by atoms with Gasteiger partial charge in [-0.3, -0.25) is 0 Å². The van der Waals surface area contributed by atoms with Crippen LogP contribution in [0.25, 0.3) is 0 Å². The molecule has 0 unspecified atom stereocenters. The van der Waals surface area contributed by atoms with Crippen LogP contribution in [0, 0.1) is 11.8 Å². The maximum atomic E-state index is 8.96. The molecule has 0 saturated carbocycles. The highest BCUT2D eigenvalue weighted by molar-refractivity contribution is 7.01. The van der Waals surface area contributed by atoms with Gasteiger partial charge in [0.15, 0.2) is 0 Å². The summed E-state index contributed by atoms with van der Waals surface area (Å²) in [6, 6.07) is 111. The lowest BCUT2D eigenvalue weighted by atomic mass is 9.93. The van der Waals surface area contributed by atoms with Gasteiger partial charge in [0.05, 0.1) is 43.7 Å². The van der Waals surface area contributed by atoms with Gasteiger partial charge in [0.2, 0.25) is 0 Å². The quantitative estimate of drug-likeness (QED) is 0.0228. The van der Waals surface area contributed by atoms with Crippen LogP contribution in [0.4, 0.5) is 0 Å². The second-order valence-corrected chi connectivity index (χ2v) is 50.3. The lowest BCUT2D eigenvalue weighted by molar-refractivity contribution is -0.0119. The first-order chi connectivity index (χ1) is 50.3. The van der Waals surface area contributed by atoms with Crippen molar-refractivity contribution in [2.75, 3.05) is 6.61 Å². The SMILES string of the molecule is CC(C)[C@H](OCc1ccccc1)[C@@H](C)/C=C/[C@@H](C[C@@H](C[C@H](C[C@H](CCOCc1ccccc1)O[Si](c1ccccc1)(c1ccccc1)C(C)(C)C)O[Si](c1ccccc1)(c1ccccc1)C(C)(C)C)O[Si](c1ccccc1)(c1ccccc1)C(C)(C)C)O[Si](c1ccccc1)(c1ccccc1)C(C)(C)C. The Hall–Kier alpha value is -7.43. The third-order valence-electron chi connectivity index (χ3n) is 21.4. The number of hydrogen-bond donors (Lipinski definition) is 0. The summed E-state index contributed by atoms with van der Waals surface area (Å²) in [5.74, 6) is 0.225. The minimum Gasteiger partial charge on any atom is -0.404 e. The smallest absolute Gasteiger partial charge is 0.261 e. The Labute approximate surface area is 636 Å². The van der Waals surface area contributed by atoms with Crippen LogP contribution >= 0.6 is 0 Å². The fourth-order valence-corrected chi connectivity index (χ4v) is 35.3. The van der Waals surface area contributed by atoms with Gasteiger partial charge >= 0.3 is 0 Å². The Balaban J connectivity index is 1.26. The fraction of sp³-hybridized carbons (Fsp3) is 0.347. The molecule has 0 bridgehead atoms. The summed E-state index contributed by atoms with van der Waals surface area (Å²) in [7, 11) is -13.5. The predicted molar refractivity (Wildman–Crippen MR) is 453 cm³/mol. The van der Waals surface area contributed by atoms with E-state index in [0.29, 0.717) is 45.5 Å². The van der Waals surface area contributed by atoms with E-state index in [9.17, 15) is 0 Å². The Morgan fingerprint density at radius 2 is 0.533 bits per heavy atom. The third kappa shape index (κ3) is 18.9. The van der Waals surface area contributed by atoms with E-state index in [2.05, 4.69) is 419 Å². The van der Waals surface area contributed by atoms with Gasteiger partial charge in [0.1, 0.15) is 0 Å². The van der Waals surface area contributed by atoms with Crippen LogP contribution < -0.4 is 41.5 Å². The molecule has 550 valence electrons. The zero-order valence-corrected chi connectivity index (χ0v) is 69.5. The third-order valence-corrected chi connectivity index (χ3v) is 41.7. The first kappa shape index (κ1) is 80.1. The highest BCUT2D eigenvalue weighted by Crippen LogP contribution is 2.45. The lowest BCUT2D eigenvalue weighted by Crippen LogP contribution is -2.70. The maximum Gasteiger partial charge on any atom is 0.261 e. The van der Waals surface area contributed by atoms with Crippen molar-refractivity contribution in [3.05, 3.63) is 327 Å². The molecule has 0 radical (unpaired) electrons. The fourth-order valence-electron chi connectivity index (χ4n) is 16.5. The Morgan fingerprint density at radius 1 is 0.286 bits per heavy atom. The van der Waals surface area contributed by atoms with E-state index in [-0.39, 0.29) is 34.1 Å². The van der Waals surface area contributed by atoms with Gasteiger partial charge in [-0.25, -0.2) is 0 Å². The molecule has 10 heteroatoms. The summed E-state index contributed by atoms with van der Waals surface area (Å²) in [5, 5.41) is 8.27. The summed E-state index contributed by atoms with van der Waals surface area (Å²) < 4.78 is 49.1. The molecule has 0 aromatic heterocycles. The molecule has 0 heterocycles. The number of ether oxygens (including phenoxy) is 2. The number of benzene rings is 10. The largest absolute Gasteiger partial charge is 0.404 e. The maximum absolute atomic E-state index is 8.96. The van der Waals surface area contributed by atoms with E-state index in [1.165, 1.54) is 41.5 Å². The molecule has 10 rings (SSSR count).